The topological polar surface area (TPSA) is 38.7 Å². The second-order valence-corrected chi connectivity index (χ2v) is 13.6. The highest BCUT2D eigenvalue weighted by atomic mass is 15.0. The lowest BCUT2D eigenvalue weighted by atomic mass is 9.55. The Bertz CT molecular complexity index is 2500. The number of rotatable bonds is 4. The summed E-state index contributed by atoms with van der Waals surface area (Å²) in [5.41, 5.74) is 8.22. The summed E-state index contributed by atoms with van der Waals surface area (Å²) in [4.78, 5) is 16.4. The number of aromatic nitrogens is 3. The maximum Gasteiger partial charge on any atom is 0.164 e. The molecule has 0 spiro atoms. The molecule has 7 aromatic carbocycles. The molecule has 0 radical (unpaired) electrons. The SMILES string of the molecule is Cc1ccccc1C1(c2nc(-c3ccccc3)nc(-c3cc4ccccc4c4ccccc34)n2)c2ccccc2C(C)(C)c2ccccc21. The minimum atomic E-state index is -0.804. The maximum absolute atomic E-state index is 5.62. The molecule has 1 heterocycles. The monoisotopic (exact) mass is 629 g/mol. The summed E-state index contributed by atoms with van der Waals surface area (Å²) in [6.07, 6.45) is 0. The Kier molecular flexibility index (Phi) is 6.60. The normalized spacial score (nSPS) is 14.3. The largest absolute Gasteiger partial charge is 0.211 e. The van der Waals surface area contributed by atoms with Crippen molar-refractivity contribution < 1.29 is 0 Å². The van der Waals surface area contributed by atoms with Gasteiger partial charge in [-0.15, -0.1) is 0 Å². The average molecular weight is 630 g/mol. The van der Waals surface area contributed by atoms with Crippen LogP contribution in [0.3, 0.4) is 0 Å². The molecule has 234 valence electrons. The molecule has 3 nitrogen and oxygen atoms in total. The molecule has 0 atom stereocenters. The van der Waals surface area contributed by atoms with Crippen LogP contribution in [0.2, 0.25) is 0 Å². The molecule has 0 saturated carbocycles. The Morgan fingerprint density at radius 1 is 0.429 bits per heavy atom. The van der Waals surface area contributed by atoms with Crippen molar-refractivity contribution in [1.82, 2.24) is 15.0 Å². The quantitative estimate of drug-likeness (QED) is 0.182. The Morgan fingerprint density at radius 2 is 0.939 bits per heavy atom. The number of nitrogens with zero attached hydrogens (tertiary/aromatic N) is 3. The summed E-state index contributed by atoms with van der Waals surface area (Å²) in [6, 6.07) is 56.3. The van der Waals surface area contributed by atoms with Gasteiger partial charge in [-0.3, -0.25) is 0 Å². The second-order valence-electron chi connectivity index (χ2n) is 13.6. The van der Waals surface area contributed by atoms with Crippen LogP contribution in [0.4, 0.5) is 0 Å². The van der Waals surface area contributed by atoms with Crippen molar-refractivity contribution in [3.63, 3.8) is 0 Å². The molecule has 0 N–H and O–H groups in total. The summed E-state index contributed by atoms with van der Waals surface area (Å²) < 4.78 is 0. The van der Waals surface area contributed by atoms with Crippen LogP contribution in [0.1, 0.15) is 53.1 Å². The van der Waals surface area contributed by atoms with Gasteiger partial charge in [0.2, 0.25) is 0 Å². The summed E-state index contributed by atoms with van der Waals surface area (Å²) >= 11 is 0. The number of hydrogen-bond donors (Lipinski definition) is 0. The minimum Gasteiger partial charge on any atom is -0.211 e. The van der Waals surface area contributed by atoms with Gasteiger partial charge in [0.15, 0.2) is 17.5 Å². The molecule has 49 heavy (non-hydrogen) atoms. The molecular weight excluding hydrogens is 595 g/mol. The fraction of sp³-hybridized carbons (Fsp3) is 0.109. The fourth-order valence-corrected chi connectivity index (χ4v) is 8.27. The lowest BCUT2D eigenvalue weighted by Gasteiger charge is -2.47. The Balaban J connectivity index is 1.47. The van der Waals surface area contributed by atoms with Crippen molar-refractivity contribution in [2.75, 3.05) is 0 Å². The average Bonchev–Trinajstić information content (AvgIpc) is 3.16. The van der Waals surface area contributed by atoms with Crippen LogP contribution in [0.25, 0.3) is 44.3 Å². The molecule has 0 fully saturated rings. The van der Waals surface area contributed by atoms with Crippen molar-refractivity contribution in [2.24, 2.45) is 0 Å². The van der Waals surface area contributed by atoms with Crippen molar-refractivity contribution in [1.29, 1.82) is 0 Å². The first kappa shape index (κ1) is 29.2. The number of hydrogen-bond acceptors (Lipinski definition) is 3. The van der Waals surface area contributed by atoms with Crippen molar-refractivity contribution in [2.45, 2.75) is 31.6 Å². The van der Waals surface area contributed by atoms with Gasteiger partial charge in [-0.2, -0.15) is 0 Å². The fourth-order valence-electron chi connectivity index (χ4n) is 8.27. The molecule has 1 aliphatic carbocycles. The van der Waals surface area contributed by atoms with Gasteiger partial charge >= 0.3 is 0 Å². The highest BCUT2D eigenvalue weighted by Crippen LogP contribution is 2.56. The summed E-state index contributed by atoms with van der Waals surface area (Å²) in [7, 11) is 0. The van der Waals surface area contributed by atoms with Crippen LogP contribution in [0.15, 0.2) is 158 Å². The van der Waals surface area contributed by atoms with Crippen LogP contribution < -0.4 is 0 Å². The standard InChI is InChI=1S/C46H35N3/c1-30-17-7-12-24-37(30)46(40-27-15-13-25-38(40)45(2,3)39-26-14-16-28-41(39)46)44-48-42(31-18-5-4-6-19-31)47-43(49-44)36-29-32-20-8-9-21-33(32)34-22-10-11-23-35(34)36/h4-29H,1-3H3. The molecule has 0 bridgehead atoms. The molecule has 0 saturated heterocycles. The van der Waals surface area contributed by atoms with Gasteiger partial charge < -0.3 is 0 Å². The zero-order valence-corrected chi connectivity index (χ0v) is 27.9. The van der Waals surface area contributed by atoms with Gasteiger partial charge in [0.25, 0.3) is 0 Å². The van der Waals surface area contributed by atoms with Crippen molar-refractivity contribution in [3.8, 4) is 22.8 Å². The van der Waals surface area contributed by atoms with Gasteiger partial charge in [0, 0.05) is 16.5 Å². The smallest absolute Gasteiger partial charge is 0.164 e. The van der Waals surface area contributed by atoms with E-state index in [4.69, 9.17) is 15.0 Å². The van der Waals surface area contributed by atoms with Crippen LogP contribution in [0.5, 0.6) is 0 Å². The van der Waals surface area contributed by atoms with Crippen LogP contribution in [-0.2, 0) is 10.8 Å². The van der Waals surface area contributed by atoms with Crippen LogP contribution >= 0.6 is 0 Å². The minimum absolute atomic E-state index is 0.230. The molecule has 0 aliphatic heterocycles. The molecule has 1 aromatic heterocycles. The van der Waals surface area contributed by atoms with E-state index in [2.05, 4.69) is 172 Å². The molecule has 3 heteroatoms. The van der Waals surface area contributed by atoms with E-state index in [0.29, 0.717) is 11.6 Å². The van der Waals surface area contributed by atoms with Gasteiger partial charge in [0.05, 0.1) is 0 Å². The van der Waals surface area contributed by atoms with Gasteiger partial charge in [-0.25, -0.2) is 15.0 Å². The third-order valence-corrected chi connectivity index (χ3v) is 10.6. The van der Waals surface area contributed by atoms with E-state index >= 15 is 0 Å². The second kappa shape index (κ2) is 11.1. The van der Waals surface area contributed by atoms with Crippen molar-refractivity contribution >= 4 is 21.5 Å². The molecule has 1 aliphatic rings. The van der Waals surface area contributed by atoms with Crippen LogP contribution in [0, 0.1) is 6.92 Å². The predicted octanol–water partition coefficient (Wildman–Crippen LogP) is 10.8. The first-order valence-corrected chi connectivity index (χ1v) is 17.0. The first-order chi connectivity index (χ1) is 24.0. The van der Waals surface area contributed by atoms with E-state index in [-0.39, 0.29) is 5.41 Å². The number of fused-ring (bicyclic) bond motifs is 5. The maximum atomic E-state index is 5.62. The van der Waals surface area contributed by atoms with E-state index in [1.165, 1.54) is 44.2 Å². The third kappa shape index (κ3) is 4.32. The van der Waals surface area contributed by atoms with E-state index in [0.717, 1.165) is 27.7 Å². The Morgan fingerprint density at radius 3 is 1.61 bits per heavy atom. The zero-order chi connectivity index (χ0) is 33.2. The summed E-state index contributed by atoms with van der Waals surface area (Å²) in [5.74, 6) is 2.04. The lowest BCUT2D eigenvalue weighted by molar-refractivity contribution is 0.541. The highest BCUT2D eigenvalue weighted by Gasteiger charge is 2.51. The molecule has 0 unspecified atom stereocenters. The number of aryl methyl sites for hydroxylation is 1. The van der Waals surface area contributed by atoms with E-state index in [9.17, 15) is 0 Å². The number of benzene rings is 7. The lowest BCUT2D eigenvalue weighted by Crippen LogP contribution is -2.43. The Labute approximate surface area is 287 Å². The predicted molar refractivity (Wildman–Crippen MR) is 201 cm³/mol. The Hall–Kier alpha value is -5.93. The van der Waals surface area contributed by atoms with Gasteiger partial charge in [-0.05, 0) is 67.9 Å². The van der Waals surface area contributed by atoms with Crippen molar-refractivity contribution in [3.05, 3.63) is 197 Å². The van der Waals surface area contributed by atoms with Gasteiger partial charge in [-0.1, -0.05) is 166 Å². The van der Waals surface area contributed by atoms with Gasteiger partial charge in [0.1, 0.15) is 5.41 Å². The van der Waals surface area contributed by atoms with E-state index in [1.807, 2.05) is 6.07 Å². The molecule has 8 aromatic rings. The summed E-state index contributed by atoms with van der Waals surface area (Å²) in [6.45, 7) is 6.88. The summed E-state index contributed by atoms with van der Waals surface area (Å²) in [5, 5.41) is 4.67. The first-order valence-electron chi connectivity index (χ1n) is 17.0. The molecule has 9 rings (SSSR count). The van der Waals surface area contributed by atoms with E-state index < -0.39 is 5.41 Å². The third-order valence-electron chi connectivity index (χ3n) is 10.6. The highest BCUT2D eigenvalue weighted by molar-refractivity contribution is 6.13. The molecular formula is C46H35N3. The molecule has 0 amide bonds. The zero-order valence-electron chi connectivity index (χ0n) is 27.9. The van der Waals surface area contributed by atoms with Crippen LogP contribution in [-0.4, -0.2) is 15.0 Å². The van der Waals surface area contributed by atoms with E-state index in [1.54, 1.807) is 0 Å².